The van der Waals surface area contributed by atoms with Crippen molar-refractivity contribution in [1.82, 2.24) is 5.32 Å². The molecule has 1 atom stereocenters. The molecule has 5 nitrogen and oxygen atoms in total. The molecule has 0 saturated carbocycles. The number of nitriles is 1. The lowest BCUT2D eigenvalue weighted by molar-refractivity contribution is 0.172. The summed E-state index contributed by atoms with van der Waals surface area (Å²) in [7, 11) is -3.38. The molecule has 1 rings (SSSR count). The number of hydrogen-bond donors (Lipinski definition) is 2. The highest BCUT2D eigenvalue weighted by molar-refractivity contribution is 7.91. The highest BCUT2D eigenvalue weighted by Gasteiger charge is 2.21. The maximum atomic E-state index is 12.1. The first-order chi connectivity index (χ1) is 9.37. The summed E-state index contributed by atoms with van der Waals surface area (Å²) in [4.78, 5) is 0.209. The monoisotopic (exact) mass is 296 g/mol. The molecule has 6 heteroatoms. The second kappa shape index (κ2) is 6.84. The third-order valence-electron chi connectivity index (χ3n) is 3.39. The van der Waals surface area contributed by atoms with Crippen molar-refractivity contribution in [3.05, 3.63) is 29.8 Å². The van der Waals surface area contributed by atoms with E-state index in [2.05, 4.69) is 5.32 Å². The van der Waals surface area contributed by atoms with E-state index in [-0.39, 0.29) is 23.8 Å². The van der Waals surface area contributed by atoms with Crippen LogP contribution in [0.5, 0.6) is 0 Å². The first-order valence-electron chi connectivity index (χ1n) is 6.46. The van der Waals surface area contributed by atoms with Gasteiger partial charge in [-0.2, -0.15) is 5.26 Å². The van der Waals surface area contributed by atoms with Crippen LogP contribution in [0.25, 0.3) is 0 Å². The van der Waals surface area contributed by atoms with Crippen molar-refractivity contribution in [1.29, 1.82) is 5.26 Å². The predicted molar refractivity (Wildman–Crippen MR) is 77.0 cm³/mol. The van der Waals surface area contributed by atoms with Crippen LogP contribution >= 0.6 is 0 Å². The normalized spacial score (nSPS) is 14.5. The summed E-state index contributed by atoms with van der Waals surface area (Å²) in [6.45, 7) is 4.01. The van der Waals surface area contributed by atoms with Crippen LogP contribution in [-0.2, 0) is 9.84 Å². The number of benzene rings is 1. The van der Waals surface area contributed by atoms with Gasteiger partial charge in [0.05, 0.1) is 28.9 Å². The number of hydrogen-bond acceptors (Lipinski definition) is 5. The largest absolute Gasteiger partial charge is 0.394 e. The van der Waals surface area contributed by atoms with Gasteiger partial charge in [0, 0.05) is 12.1 Å². The smallest absolute Gasteiger partial charge is 0.179 e. The Morgan fingerprint density at radius 1 is 1.35 bits per heavy atom. The predicted octanol–water partition coefficient (Wildman–Crippen LogP) is 1.08. The molecule has 0 fully saturated rings. The highest BCUT2D eigenvalue weighted by atomic mass is 32.2. The maximum absolute atomic E-state index is 12.1. The van der Waals surface area contributed by atoms with Gasteiger partial charge in [-0.25, -0.2) is 8.42 Å². The SMILES string of the molecule is CCC(C)(CO)NCCS(=O)(=O)c1ccc(C#N)cc1. The Bertz CT molecular complexity index is 569. The molecule has 0 bridgehead atoms. The van der Waals surface area contributed by atoms with Gasteiger partial charge in [0.15, 0.2) is 9.84 Å². The second-order valence-electron chi connectivity index (χ2n) is 4.95. The quantitative estimate of drug-likeness (QED) is 0.786. The first-order valence-corrected chi connectivity index (χ1v) is 8.11. The average Bonchev–Trinajstić information content (AvgIpc) is 2.47. The molecule has 20 heavy (non-hydrogen) atoms. The summed E-state index contributed by atoms with van der Waals surface area (Å²) < 4.78 is 24.2. The fraction of sp³-hybridized carbons (Fsp3) is 0.500. The molecule has 110 valence electrons. The number of nitrogens with one attached hydrogen (secondary N) is 1. The van der Waals surface area contributed by atoms with Gasteiger partial charge in [0.25, 0.3) is 0 Å². The molecule has 0 aliphatic carbocycles. The molecule has 0 aliphatic rings. The van der Waals surface area contributed by atoms with E-state index >= 15 is 0 Å². The van der Waals surface area contributed by atoms with Gasteiger partial charge in [-0.1, -0.05) is 6.92 Å². The number of aliphatic hydroxyl groups is 1. The zero-order chi connectivity index (χ0) is 15.2. The highest BCUT2D eigenvalue weighted by Crippen LogP contribution is 2.13. The summed E-state index contributed by atoms with van der Waals surface area (Å²) in [6, 6.07) is 7.82. The molecule has 0 heterocycles. The van der Waals surface area contributed by atoms with Gasteiger partial charge < -0.3 is 10.4 Å². The van der Waals surface area contributed by atoms with Crippen LogP contribution in [0.2, 0.25) is 0 Å². The lowest BCUT2D eigenvalue weighted by Crippen LogP contribution is -2.46. The van der Waals surface area contributed by atoms with E-state index in [1.807, 2.05) is 19.9 Å². The lowest BCUT2D eigenvalue weighted by atomic mass is 10.0. The fourth-order valence-electron chi connectivity index (χ4n) is 1.63. The van der Waals surface area contributed by atoms with E-state index in [9.17, 15) is 13.5 Å². The number of sulfone groups is 1. The Morgan fingerprint density at radius 3 is 2.40 bits per heavy atom. The van der Waals surface area contributed by atoms with Gasteiger partial charge >= 0.3 is 0 Å². The van der Waals surface area contributed by atoms with E-state index in [1.165, 1.54) is 24.3 Å². The third kappa shape index (κ3) is 4.30. The Hall–Kier alpha value is -1.42. The van der Waals surface area contributed by atoms with Crippen molar-refractivity contribution in [2.24, 2.45) is 0 Å². The minimum absolute atomic E-state index is 0.0413. The van der Waals surface area contributed by atoms with Crippen LogP contribution in [0.1, 0.15) is 25.8 Å². The maximum Gasteiger partial charge on any atom is 0.179 e. The summed E-state index contributed by atoms with van der Waals surface area (Å²) >= 11 is 0. The summed E-state index contributed by atoms with van der Waals surface area (Å²) in [6.07, 6.45) is 0.709. The third-order valence-corrected chi connectivity index (χ3v) is 5.13. The van der Waals surface area contributed by atoms with Crippen LogP contribution < -0.4 is 5.32 Å². The molecule has 0 amide bonds. The molecule has 0 radical (unpaired) electrons. The molecular weight excluding hydrogens is 276 g/mol. The molecule has 1 unspecified atom stereocenters. The van der Waals surface area contributed by atoms with Gasteiger partial charge in [0.2, 0.25) is 0 Å². The standard InChI is InChI=1S/C14H20N2O3S/c1-3-14(2,11-17)16-8-9-20(18,19)13-6-4-12(10-15)5-7-13/h4-7,16-17H,3,8-9,11H2,1-2H3. The summed E-state index contributed by atoms with van der Waals surface area (Å²) in [5, 5.41) is 21.0. The fourth-order valence-corrected chi connectivity index (χ4v) is 2.79. The lowest BCUT2D eigenvalue weighted by Gasteiger charge is -2.27. The molecule has 0 spiro atoms. The Kier molecular flexibility index (Phi) is 5.69. The van der Waals surface area contributed by atoms with Gasteiger partial charge in [-0.05, 0) is 37.6 Å². The van der Waals surface area contributed by atoms with Crippen molar-refractivity contribution < 1.29 is 13.5 Å². The second-order valence-corrected chi connectivity index (χ2v) is 7.06. The van der Waals surface area contributed by atoms with Crippen molar-refractivity contribution in [3.63, 3.8) is 0 Å². The number of rotatable bonds is 7. The van der Waals surface area contributed by atoms with Crippen molar-refractivity contribution in [2.75, 3.05) is 18.9 Å². The van der Waals surface area contributed by atoms with E-state index < -0.39 is 15.4 Å². The van der Waals surface area contributed by atoms with Crippen molar-refractivity contribution in [2.45, 2.75) is 30.7 Å². The van der Waals surface area contributed by atoms with Crippen LogP contribution in [0.15, 0.2) is 29.2 Å². The minimum Gasteiger partial charge on any atom is -0.394 e. The minimum atomic E-state index is -3.38. The van der Waals surface area contributed by atoms with Crippen molar-refractivity contribution >= 4 is 9.84 Å². The Labute approximate surface area is 120 Å². The Balaban J connectivity index is 2.68. The van der Waals surface area contributed by atoms with Crippen LogP contribution in [0, 0.1) is 11.3 Å². The van der Waals surface area contributed by atoms with Crippen molar-refractivity contribution in [3.8, 4) is 6.07 Å². The first kappa shape index (κ1) is 16.6. The average molecular weight is 296 g/mol. The molecular formula is C14H20N2O3S. The van der Waals surface area contributed by atoms with Crippen LogP contribution in [0.3, 0.4) is 0 Å². The van der Waals surface area contributed by atoms with Crippen LogP contribution in [-0.4, -0.2) is 38.0 Å². The molecule has 2 N–H and O–H groups in total. The zero-order valence-electron chi connectivity index (χ0n) is 11.8. The molecule has 0 aliphatic heterocycles. The number of nitrogens with zero attached hydrogens (tertiary/aromatic N) is 1. The van der Waals surface area contributed by atoms with E-state index in [1.54, 1.807) is 0 Å². The van der Waals surface area contributed by atoms with Gasteiger partial charge in [-0.3, -0.25) is 0 Å². The summed E-state index contributed by atoms with van der Waals surface area (Å²) in [5.74, 6) is -0.0471. The zero-order valence-corrected chi connectivity index (χ0v) is 12.6. The Morgan fingerprint density at radius 2 is 1.95 bits per heavy atom. The topological polar surface area (TPSA) is 90.2 Å². The molecule has 0 saturated heterocycles. The summed E-state index contributed by atoms with van der Waals surface area (Å²) in [5.41, 5.74) is -0.0267. The van der Waals surface area contributed by atoms with Gasteiger partial charge in [0.1, 0.15) is 0 Å². The molecule has 1 aromatic rings. The number of aliphatic hydroxyl groups excluding tert-OH is 1. The molecule has 1 aromatic carbocycles. The van der Waals surface area contributed by atoms with E-state index in [0.29, 0.717) is 12.0 Å². The van der Waals surface area contributed by atoms with E-state index in [4.69, 9.17) is 5.26 Å². The van der Waals surface area contributed by atoms with E-state index in [0.717, 1.165) is 0 Å². The molecule has 0 aromatic heterocycles. The van der Waals surface area contributed by atoms with Gasteiger partial charge in [-0.15, -0.1) is 0 Å². The van der Waals surface area contributed by atoms with Crippen LogP contribution in [0.4, 0.5) is 0 Å².